The van der Waals surface area contributed by atoms with E-state index in [1.54, 1.807) is 4.31 Å². The van der Waals surface area contributed by atoms with Crippen LogP contribution in [0.25, 0.3) is 0 Å². The number of nitrogens with zero attached hydrogens (tertiary/aromatic N) is 2. The number of halogens is 1. The Morgan fingerprint density at radius 1 is 1.38 bits per heavy atom. The summed E-state index contributed by atoms with van der Waals surface area (Å²) in [6.07, 6.45) is 5.38. The zero-order valence-electron chi connectivity index (χ0n) is 11.5. The van der Waals surface area contributed by atoms with Crippen molar-refractivity contribution in [3.05, 3.63) is 16.7 Å². The third-order valence-corrected chi connectivity index (χ3v) is 6.50. The van der Waals surface area contributed by atoms with Gasteiger partial charge < -0.3 is 10.5 Å². The van der Waals surface area contributed by atoms with Crippen molar-refractivity contribution in [3.8, 4) is 0 Å². The minimum absolute atomic E-state index is 0.00334. The Bertz CT molecular complexity index is 636. The number of aromatic nitrogens is 1. The van der Waals surface area contributed by atoms with Crippen LogP contribution in [0, 0.1) is 0 Å². The summed E-state index contributed by atoms with van der Waals surface area (Å²) in [7, 11) is -3.65. The lowest BCUT2D eigenvalue weighted by Gasteiger charge is -2.42. The van der Waals surface area contributed by atoms with Crippen molar-refractivity contribution in [1.82, 2.24) is 9.29 Å². The molecule has 0 bridgehead atoms. The van der Waals surface area contributed by atoms with Crippen LogP contribution in [0.1, 0.15) is 25.7 Å². The van der Waals surface area contributed by atoms with Gasteiger partial charge in [-0.05, 0) is 34.8 Å². The Hall–Kier alpha value is -0.700. The highest BCUT2D eigenvalue weighted by Gasteiger charge is 2.41. The Morgan fingerprint density at radius 2 is 2.14 bits per heavy atom. The highest BCUT2D eigenvalue weighted by atomic mass is 79.9. The average Bonchev–Trinajstić information content (AvgIpc) is 2.49. The summed E-state index contributed by atoms with van der Waals surface area (Å²) in [6.45, 7) is 0.803. The Kier molecular flexibility index (Phi) is 4.22. The van der Waals surface area contributed by atoms with Crippen molar-refractivity contribution >= 4 is 31.8 Å². The van der Waals surface area contributed by atoms with Crippen LogP contribution in [-0.4, -0.2) is 43.0 Å². The van der Waals surface area contributed by atoms with E-state index < -0.39 is 10.0 Å². The number of anilines is 1. The lowest BCUT2D eigenvalue weighted by molar-refractivity contribution is -0.0586. The molecule has 1 aliphatic carbocycles. The first-order valence-corrected chi connectivity index (χ1v) is 9.28. The summed E-state index contributed by atoms with van der Waals surface area (Å²) in [5.41, 5.74) is 5.78. The lowest BCUT2D eigenvalue weighted by Crippen LogP contribution is -2.54. The maximum absolute atomic E-state index is 12.9. The zero-order valence-corrected chi connectivity index (χ0v) is 13.9. The molecule has 1 saturated carbocycles. The van der Waals surface area contributed by atoms with Gasteiger partial charge in [0.2, 0.25) is 10.0 Å². The molecular weight excluding hydrogens is 358 g/mol. The molecule has 1 saturated heterocycles. The second kappa shape index (κ2) is 5.83. The van der Waals surface area contributed by atoms with Gasteiger partial charge in [-0.1, -0.05) is 12.8 Å². The van der Waals surface area contributed by atoms with Crippen LogP contribution in [0.2, 0.25) is 0 Å². The topological polar surface area (TPSA) is 85.5 Å². The fourth-order valence-corrected chi connectivity index (χ4v) is 5.36. The van der Waals surface area contributed by atoms with E-state index >= 15 is 0 Å². The Balaban J connectivity index is 1.98. The molecule has 2 atom stereocenters. The van der Waals surface area contributed by atoms with Gasteiger partial charge >= 0.3 is 0 Å². The maximum atomic E-state index is 12.9. The molecule has 1 aromatic rings. The molecule has 116 valence electrons. The van der Waals surface area contributed by atoms with Crippen LogP contribution in [0.5, 0.6) is 0 Å². The first kappa shape index (κ1) is 15.2. The van der Waals surface area contributed by atoms with Gasteiger partial charge in [0.15, 0.2) is 0 Å². The van der Waals surface area contributed by atoms with E-state index in [-0.39, 0.29) is 22.9 Å². The molecule has 8 heteroatoms. The number of hydrogen-bond acceptors (Lipinski definition) is 5. The van der Waals surface area contributed by atoms with Gasteiger partial charge in [-0.2, -0.15) is 4.31 Å². The number of rotatable bonds is 2. The number of nitrogens with two attached hydrogens (primary N) is 1. The van der Waals surface area contributed by atoms with E-state index in [9.17, 15) is 8.42 Å². The monoisotopic (exact) mass is 375 g/mol. The van der Waals surface area contributed by atoms with E-state index in [0.717, 1.165) is 25.7 Å². The van der Waals surface area contributed by atoms with Gasteiger partial charge in [-0.25, -0.2) is 13.4 Å². The largest absolute Gasteiger partial charge is 0.383 e. The molecule has 0 amide bonds. The van der Waals surface area contributed by atoms with Crippen molar-refractivity contribution < 1.29 is 13.2 Å². The third-order valence-electron chi connectivity index (χ3n) is 4.12. The summed E-state index contributed by atoms with van der Waals surface area (Å²) >= 11 is 3.26. The smallest absolute Gasteiger partial charge is 0.247 e. The molecule has 2 aliphatic rings. The Morgan fingerprint density at radius 3 is 2.95 bits per heavy atom. The average molecular weight is 376 g/mol. The van der Waals surface area contributed by atoms with Gasteiger partial charge in [-0.15, -0.1) is 0 Å². The maximum Gasteiger partial charge on any atom is 0.247 e. The molecule has 6 nitrogen and oxygen atoms in total. The van der Waals surface area contributed by atoms with Gasteiger partial charge in [0.25, 0.3) is 0 Å². The van der Waals surface area contributed by atoms with Gasteiger partial charge in [0.05, 0.1) is 18.8 Å². The fraction of sp³-hybridized carbons (Fsp3) is 0.615. The number of morpholine rings is 1. The lowest BCUT2D eigenvalue weighted by atomic mass is 9.91. The number of hydrogen-bond donors (Lipinski definition) is 1. The molecule has 2 unspecified atom stereocenters. The minimum atomic E-state index is -3.65. The summed E-state index contributed by atoms with van der Waals surface area (Å²) in [5.74, 6) is 0.0389. The minimum Gasteiger partial charge on any atom is -0.383 e. The molecule has 1 aromatic heterocycles. The molecule has 2 N–H and O–H groups in total. The van der Waals surface area contributed by atoms with E-state index in [1.807, 2.05) is 0 Å². The number of pyridine rings is 1. The van der Waals surface area contributed by atoms with Crippen LogP contribution in [0.3, 0.4) is 0 Å². The third kappa shape index (κ3) is 2.81. The summed E-state index contributed by atoms with van der Waals surface area (Å²) in [5, 5.41) is 0. The standard InChI is InChI=1S/C13H18BrN3O3S/c14-9-7-12(13(15)16-8-9)21(18,19)17-5-6-20-11-4-2-1-3-10(11)17/h7-8,10-11H,1-6H2,(H2,15,16). The van der Waals surface area contributed by atoms with Crippen molar-refractivity contribution in [3.63, 3.8) is 0 Å². The van der Waals surface area contributed by atoms with E-state index in [1.165, 1.54) is 12.3 Å². The zero-order chi connectivity index (χ0) is 15.0. The SMILES string of the molecule is Nc1ncc(Br)cc1S(=O)(=O)N1CCOC2CCCCC21. The second-order valence-electron chi connectivity index (χ2n) is 5.41. The van der Waals surface area contributed by atoms with Crippen molar-refractivity contribution in [2.24, 2.45) is 0 Å². The first-order chi connectivity index (χ1) is 10.00. The first-order valence-electron chi connectivity index (χ1n) is 7.04. The van der Waals surface area contributed by atoms with Crippen LogP contribution in [0.15, 0.2) is 21.6 Å². The number of fused-ring (bicyclic) bond motifs is 1. The highest BCUT2D eigenvalue weighted by Crippen LogP contribution is 2.33. The van der Waals surface area contributed by atoms with Crippen molar-refractivity contribution in [1.29, 1.82) is 0 Å². The van der Waals surface area contributed by atoms with Crippen molar-refractivity contribution in [2.45, 2.75) is 42.7 Å². The van der Waals surface area contributed by atoms with Crippen LogP contribution in [0.4, 0.5) is 5.82 Å². The normalized spacial score (nSPS) is 27.3. The van der Waals surface area contributed by atoms with Gasteiger partial charge in [0.1, 0.15) is 10.7 Å². The predicted octanol–water partition coefficient (Wildman–Crippen LogP) is 1.76. The predicted molar refractivity (Wildman–Crippen MR) is 82.2 cm³/mol. The molecule has 0 aromatic carbocycles. The molecule has 0 radical (unpaired) electrons. The van der Waals surface area contributed by atoms with E-state index in [0.29, 0.717) is 17.6 Å². The molecular formula is C13H18BrN3O3S. The summed E-state index contributed by atoms with van der Waals surface area (Å²) in [4.78, 5) is 4.01. The molecule has 0 spiro atoms. The second-order valence-corrected chi connectivity index (χ2v) is 8.19. The number of ether oxygens (including phenoxy) is 1. The molecule has 2 heterocycles. The van der Waals surface area contributed by atoms with Crippen molar-refractivity contribution in [2.75, 3.05) is 18.9 Å². The van der Waals surface area contributed by atoms with Crippen LogP contribution in [-0.2, 0) is 14.8 Å². The molecule has 1 aliphatic heterocycles. The quantitative estimate of drug-likeness (QED) is 0.850. The number of sulfonamides is 1. The molecule has 2 fully saturated rings. The summed E-state index contributed by atoms with van der Waals surface area (Å²) in [6, 6.07) is 1.43. The number of nitrogen functional groups attached to an aromatic ring is 1. The highest BCUT2D eigenvalue weighted by molar-refractivity contribution is 9.10. The molecule has 21 heavy (non-hydrogen) atoms. The van der Waals surface area contributed by atoms with Gasteiger partial charge in [-0.3, -0.25) is 0 Å². The summed E-state index contributed by atoms with van der Waals surface area (Å²) < 4.78 is 33.8. The fourth-order valence-electron chi connectivity index (χ4n) is 3.12. The van der Waals surface area contributed by atoms with E-state index in [2.05, 4.69) is 20.9 Å². The van der Waals surface area contributed by atoms with Crippen LogP contribution < -0.4 is 5.73 Å². The Labute approximate surface area is 132 Å². The molecule has 3 rings (SSSR count). The van der Waals surface area contributed by atoms with Gasteiger partial charge in [0, 0.05) is 17.2 Å². The van der Waals surface area contributed by atoms with Crippen LogP contribution >= 0.6 is 15.9 Å². The van der Waals surface area contributed by atoms with E-state index in [4.69, 9.17) is 10.5 Å².